The van der Waals surface area contributed by atoms with E-state index >= 15 is 0 Å². The Balaban J connectivity index is 1.67. The lowest BCUT2D eigenvalue weighted by Crippen LogP contribution is -2.39. The number of nitrogens with two attached hydrogens (primary N) is 1. The Hall–Kier alpha value is -0.650. The largest absolute Gasteiger partial charge is 0.376 e. The third kappa shape index (κ3) is 4.16. The number of carbonyl (C=O) groups excluding carboxylic acids is 1. The van der Waals surface area contributed by atoms with Gasteiger partial charge >= 0.3 is 0 Å². The molecule has 3 N–H and O–H groups in total. The van der Waals surface area contributed by atoms with Crippen LogP contribution in [0.15, 0.2) is 0 Å². The summed E-state index contributed by atoms with van der Waals surface area (Å²) in [7, 11) is 0. The third-order valence-corrected chi connectivity index (χ3v) is 4.37. The number of rotatable bonds is 5. The standard InChI is InChI=1S/C14H26N2O3/c1-2-10-4-3-5-11(8-10)18-9-12-6-7-13(19-12)14(17)16-15/h10-13H,2-9,15H2,1H3,(H,16,17). The molecule has 1 aliphatic carbocycles. The summed E-state index contributed by atoms with van der Waals surface area (Å²) in [5.41, 5.74) is 2.14. The fourth-order valence-corrected chi connectivity index (χ4v) is 3.12. The summed E-state index contributed by atoms with van der Waals surface area (Å²) in [5.74, 6) is 5.70. The first kappa shape index (κ1) is 14.8. The molecule has 0 spiro atoms. The number of hydrogen-bond donors (Lipinski definition) is 2. The van der Waals surface area contributed by atoms with Crippen LogP contribution >= 0.6 is 0 Å². The predicted molar refractivity (Wildman–Crippen MR) is 72.2 cm³/mol. The van der Waals surface area contributed by atoms with E-state index < -0.39 is 6.10 Å². The zero-order valence-corrected chi connectivity index (χ0v) is 11.8. The predicted octanol–water partition coefficient (Wildman–Crippen LogP) is 1.51. The second kappa shape index (κ2) is 7.22. The second-order valence-corrected chi connectivity index (χ2v) is 5.73. The summed E-state index contributed by atoms with van der Waals surface area (Å²) in [6.45, 7) is 2.86. The smallest absolute Gasteiger partial charge is 0.263 e. The quantitative estimate of drug-likeness (QED) is 0.451. The van der Waals surface area contributed by atoms with Gasteiger partial charge in [0.25, 0.3) is 5.91 Å². The average Bonchev–Trinajstić information content (AvgIpc) is 2.93. The summed E-state index contributed by atoms with van der Waals surface area (Å²) in [6.07, 6.45) is 7.84. The topological polar surface area (TPSA) is 73.6 Å². The summed E-state index contributed by atoms with van der Waals surface area (Å²) in [6, 6.07) is 0. The Morgan fingerprint density at radius 1 is 1.37 bits per heavy atom. The molecule has 110 valence electrons. The van der Waals surface area contributed by atoms with Gasteiger partial charge in [0.05, 0.1) is 18.8 Å². The Morgan fingerprint density at radius 2 is 2.21 bits per heavy atom. The minimum atomic E-state index is -0.395. The molecular formula is C14H26N2O3. The Bertz CT molecular complexity index is 298. The third-order valence-electron chi connectivity index (χ3n) is 4.37. The molecule has 4 atom stereocenters. The van der Waals surface area contributed by atoms with E-state index in [1.807, 2.05) is 0 Å². The van der Waals surface area contributed by atoms with Crippen molar-refractivity contribution in [3.63, 3.8) is 0 Å². The highest BCUT2D eigenvalue weighted by molar-refractivity contribution is 5.80. The SMILES string of the molecule is CCC1CCCC(OCC2CCC(C(=O)NN)O2)C1. The summed E-state index contributed by atoms with van der Waals surface area (Å²) in [5, 5.41) is 0. The molecule has 5 heteroatoms. The first-order chi connectivity index (χ1) is 9.22. The van der Waals surface area contributed by atoms with Crippen LogP contribution in [0.4, 0.5) is 0 Å². The van der Waals surface area contributed by atoms with Crippen LogP contribution in [0, 0.1) is 5.92 Å². The van der Waals surface area contributed by atoms with Gasteiger partial charge in [-0.25, -0.2) is 5.84 Å². The molecule has 1 saturated heterocycles. The normalized spacial score (nSPS) is 35.3. The fraction of sp³-hybridized carbons (Fsp3) is 0.929. The van der Waals surface area contributed by atoms with Gasteiger partial charge in [-0.15, -0.1) is 0 Å². The van der Waals surface area contributed by atoms with Crippen molar-refractivity contribution in [3.05, 3.63) is 0 Å². The highest BCUT2D eigenvalue weighted by Gasteiger charge is 2.31. The zero-order valence-electron chi connectivity index (χ0n) is 11.8. The first-order valence-corrected chi connectivity index (χ1v) is 7.50. The minimum absolute atomic E-state index is 0.0457. The van der Waals surface area contributed by atoms with Gasteiger partial charge < -0.3 is 9.47 Å². The number of amides is 1. The summed E-state index contributed by atoms with van der Waals surface area (Å²) < 4.78 is 11.6. The van der Waals surface area contributed by atoms with Crippen LogP contribution in [0.25, 0.3) is 0 Å². The number of nitrogens with one attached hydrogen (secondary N) is 1. The minimum Gasteiger partial charge on any atom is -0.376 e. The summed E-state index contributed by atoms with van der Waals surface area (Å²) in [4.78, 5) is 11.3. The number of hydrogen-bond acceptors (Lipinski definition) is 4. The molecule has 2 rings (SSSR count). The van der Waals surface area contributed by atoms with Crippen LogP contribution in [-0.4, -0.2) is 30.8 Å². The van der Waals surface area contributed by atoms with Crippen LogP contribution < -0.4 is 11.3 Å². The maximum atomic E-state index is 11.3. The Labute approximate surface area is 115 Å². The molecule has 1 amide bonds. The van der Waals surface area contributed by atoms with Crippen molar-refractivity contribution in [2.45, 2.75) is 70.2 Å². The van der Waals surface area contributed by atoms with Crippen LogP contribution in [-0.2, 0) is 14.3 Å². The van der Waals surface area contributed by atoms with Crippen molar-refractivity contribution in [1.82, 2.24) is 5.43 Å². The van der Waals surface area contributed by atoms with E-state index in [1.54, 1.807) is 0 Å². The van der Waals surface area contributed by atoms with E-state index in [-0.39, 0.29) is 12.0 Å². The number of carbonyl (C=O) groups is 1. The molecule has 1 saturated carbocycles. The lowest BCUT2D eigenvalue weighted by molar-refractivity contribution is -0.134. The van der Waals surface area contributed by atoms with Gasteiger partial charge in [0, 0.05) is 0 Å². The maximum Gasteiger partial charge on any atom is 0.263 e. The van der Waals surface area contributed by atoms with Crippen molar-refractivity contribution in [2.75, 3.05) is 6.61 Å². The van der Waals surface area contributed by atoms with Crippen molar-refractivity contribution in [3.8, 4) is 0 Å². The fourth-order valence-electron chi connectivity index (χ4n) is 3.12. The van der Waals surface area contributed by atoms with Crippen molar-refractivity contribution in [2.24, 2.45) is 11.8 Å². The lowest BCUT2D eigenvalue weighted by Gasteiger charge is -2.29. The monoisotopic (exact) mass is 270 g/mol. The molecular weight excluding hydrogens is 244 g/mol. The zero-order chi connectivity index (χ0) is 13.7. The van der Waals surface area contributed by atoms with Crippen molar-refractivity contribution < 1.29 is 14.3 Å². The van der Waals surface area contributed by atoms with Gasteiger partial charge in [0.2, 0.25) is 0 Å². The molecule has 19 heavy (non-hydrogen) atoms. The van der Waals surface area contributed by atoms with Gasteiger partial charge in [-0.3, -0.25) is 10.2 Å². The Kier molecular flexibility index (Phi) is 5.60. The van der Waals surface area contributed by atoms with Gasteiger partial charge in [0.15, 0.2) is 0 Å². The van der Waals surface area contributed by atoms with Crippen LogP contribution in [0.1, 0.15) is 51.9 Å². The van der Waals surface area contributed by atoms with Crippen molar-refractivity contribution >= 4 is 5.91 Å². The molecule has 2 fully saturated rings. The highest BCUT2D eigenvalue weighted by atomic mass is 16.5. The van der Waals surface area contributed by atoms with E-state index in [1.165, 1.54) is 25.7 Å². The van der Waals surface area contributed by atoms with Gasteiger partial charge in [0.1, 0.15) is 6.10 Å². The van der Waals surface area contributed by atoms with Crippen molar-refractivity contribution in [1.29, 1.82) is 0 Å². The van der Waals surface area contributed by atoms with Gasteiger partial charge in [-0.1, -0.05) is 26.2 Å². The van der Waals surface area contributed by atoms with Crippen LogP contribution in [0.2, 0.25) is 0 Å². The Morgan fingerprint density at radius 3 is 2.95 bits per heavy atom. The molecule has 0 radical (unpaired) electrons. The molecule has 4 unspecified atom stereocenters. The molecule has 0 aromatic heterocycles. The van der Waals surface area contributed by atoms with E-state index in [4.69, 9.17) is 15.3 Å². The number of ether oxygens (including phenoxy) is 2. The van der Waals surface area contributed by atoms with E-state index in [0.717, 1.165) is 25.2 Å². The van der Waals surface area contributed by atoms with Gasteiger partial charge in [-0.2, -0.15) is 0 Å². The lowest BCUT2D eigenvalue weighted by atomic mass is 9.85. The van der Waals surface area contributed by atoms with Gasteiger partial charge in [-0.05, 0) is 31.6 Å². The van der Waals surface area contributed by atoms with Crippen LogP contribution in [0.3, 0.4) is 0 Å². The van der Waals surface area contributed by atoms with Crippen LogP contribution in [0.5, 0.6) is 0 Å². The van der Waals surface area contributed by atoms with E-state index in [0.29, 0.717) is 12.7 Å². The van der Waals surface area contributed by atoms with E-state index in [2.05, 4.69) is 12.3 Å². The first-order valence-electron chi connectivity index (χ1n) is 7.50. The average molecular weight is 270 g/mol. The molecule has 0 aromatic carbocycles. The molecule has 5 nitrogen and oxygen atoms in total. The maximum absolute atomic E-state index is 11.3. The highest BCUT2D eigenvalue weighted by Crippen LogP contribution is 2.29. The molecule has 0 bridgehead atoms. The molecule has 2 aliphatic rings. The molecule has 1 aliphatic heterocycles. The second-order valence-electron chi connectivity index (χ2n) is 5.73. The molecule has 0 aromatic rings. The molecule has 1 heterocycles. The summed E-state index contributed by atoms with van der Waals surface area (Å²) >= 11 is 0. The van der Waals surface area contributed by atoms with E-state index in [9.17, 15) is 4.79 Å². The number of hydrazine groups is 1.